The highest BCUT2D eigenvalue weighted by molar-refractivity contribution is 5.81. The van der Waals surface area contributed by atoms with Crippen LogP contribution in [0.25, 0.3) is 10.8 Å². The minimum absolute atomic E-state index is 0. The van der Waals surface area contributed by atoms with Gasteiger partial charge in [-0.05, 0) is 10.8 Å². The summed E-state index contributed by atoms with van der Waals surface area (Å²) < 4.78 is 0. The first-order chi connectivity index (χ1) is 6.38. The Kier molecular flexibility index (Phi) is 5.63. The van der Waals surface area contributed by atoms with Gasteiger partial charge in [0, 0.05) is 0 Å². The molecule has 0 bridgehead atoms. The molecule has 0 spiro atoms. The molecule has 0 fully saturated rings. The molecule has 0 radical (unpaired) electrons. The fourth-order valence-corrected chi connectivity index (χ4v) is 1.13. The fraction of sp³-hybridized carbons (Fsp3) is 0. The molecule has 0 unspecified atom stereocenters. The normalized spacial score (nSPS) is 7.71. The van der Waals surface area contributed by atoms with Crippen molar-refractivity contribution in [1.82, 2.24) is 0 Å². The van der Waals surface area contributed by atoms with Crippen molar-refractivity contribution in [3.05, 3.63) is 48.5 Å². The van der Waals surface area contributed by atoms with E-state index in [9.17, 15) is 0 Å². The monoisotopic (exact) mass is 190 g/mol. The maximum absolute atomic E-state index is 8.12. The Bertz CT molecular complexity index is 352. The summed E-state index contributed by atoms with van der Waals surface area (Å²) in [5.74, 6) is 0. The summed E-state index contributed by atoms with van der Waals surface area (Å²) in [6.07, 6.45) is 0.250. The van der Waals surface area contributed by atoms with Gasteiger partial charge in [-0.1, -0.05) is 48.5 Å². The SMILES string of the molecule is O.O=C=O.c1ccc2ccccc2c1. The number of benzene rings is 2. The number of hydrogen-bond donors (Lipinski definition) is 0. The van der Waals surface area contributed by atoms with Gasteiger partial charge in [-0.2, -0.15) is 9.59 Å². The lowest BCUT2D eigenvalue weighted by atomic mass is 10.1. The molecule has 2 rings (SSSR count). The molecule has 0 aromatic heterocycles. The highest BCUT2D eigenvalue weighted by Crippen LogP contribution is 2.11. The molecule has 3 heteroatoms. The smallest absolute Gasteiger partial charge is 0.373 e. The van der Waals surface area contributed by atoms with Crippen LogP contribution >= 0.6 is 0 Å². The lowest BCUT2D eigenvalue weighted by Crippen LogP contribution is -1.67. The molecule has 3 nitrogen and oxygen atoms in total. The molecule has 14 heavy (non-hydrogen) atoms. The van der Waals surface area contributed by atoms with E-state index in [0.29, 0.717) is 0 Å². The average molecular weight is 190 g/mol. The van der Waals surface area contributed by atoms with E-state index in [1.165, 1.54) is 10.8 Å². The van der Waals surface area contributed by atoms with Crippen molar-refractivity contribution in [1.29, 1.82) is 0 Å². The first kappa shape index (κ1) is 12.0. The van der Waals surface area contributed by atoms with Crippen LogP contribution in [0.4, 0.5) is 0 Å². The second-order valence-corrected chi connectivity index (χ2v) is 2.43. The van der Waals surface area contributed by atoms with Crippen molar-refractivity contribution in [2.24, 2.45) is 0 Å². The van der Waals surface area contributed by atoms with Gasteiger partial charge < -0.3 is 5.48 Å². The third-order valence-corrected chi connectivity index (χ3v) is 1.66. The summed E-state index contributed by atoms with van der Waals surface area (Å²) in [5.41, 5.74) is 0. The molecule has 2 aromatic carbocycles. The molecule has 0 saturated carbocycles. The number of hydrogen-bond acceptors (Lipinski definition) is 2. The summed E-state index contributed by atoms with van der Waals surface area (Å²) in [4.78, 5) is 16.2. The van der Waals surface area contributed by atoms with Gasteiger partial charge in [0.15, 0.2) is 0 Å². The molecular formula is C11H10O3. The van der Waals surface area contributed by atoms with Crippen LogP contribution in [0, 0.1) is 0 Å². The van der Waals surface area contributed by atoms with E-state index in [0.717, 1.165) is 0 Å². The van der Waals surface area contributed by atoms with Crippen LogP contribution in [0.1, 0.15) is 0 Å². The first-order valence-corrected chi connectivity index (χ1v) is 3.81. The van der Waals surface area contributed by atoms with Gasteiger partial charge in [-0.3, -0.25) is 0 Å². The van der Waals surface area contributed by atoms with Crippen molar-refractivity contribution in [3.8, 4) is 0 Å². The topological polar surface area (TPSA) is 65.6 Å². The van der Waals surface area contributed by atoms with Gasteiger partial charge in [0.2, 0.25) is 0 Å². The van der Waals surface area contributed by atoms with Crippen LogP contribution in [0.15, 0.2) is 48.5 Å². The largest absolute Gasteiger partial charge is 0.412 e. The summed E-state index contributed by atoms with van der Waals surface area (Å²) >= 11 is 0. The van der Waals surface area contributed by atoms with Gasteiger partial charge in [-0.25, -0.2) is 0 Å². The number of fused-ring (bicyclic) bond motifs is 1. The van der Waals surface area contributed by atoms with Crippen LogP contribution in [0.5, 0.6) is 0 Å². The molecule has 72 valence electrons. The van der Waals surface area contributed by atoms with E-state index in [1.54, 1.807) is 0 Å². The predicted octanol–water partition coefficient (Wildman–Crippen LogP) is 1.43. The summed E-state index contributed by atoms with van der Waals surface area (Å²) in [6, 6.07) is 16.7. The van der Waals surface area contributed by atoms with Gasteiger partial charge >= 0.3 is 6.15 Å². The van der Waals surface area contributed by atoms with E-state index in [2.05, 4.69) is 48.5 Å². The quantitative estimate of drug-likeness (QED) is 0.630. The average Bonchev–Trinajstić information content (AvgIpc) is 2.19. The predicted molar refractivity (Wildman–Crippen MR) is 52.6 cm³/mol. The fourth-order valence-electron chi connectivity index (χ4n) is 1.13. The Hall–Kier alpha value is -1.96. The van der Waals surface area contributed by atoms with Gasteiger partial charge in [0.05, 0.1) is 0 Å². The van der Waals surface area contributed by atoms with Crippen molar-refractivity contribution in [3.63, 3.8) is 0 Å². The zero-order chi connectivity index (χ0) is 9.52. The van der Waals surface area contributed by atoms with E-state index >= 15 is 0 Å². The summed E-state index contributed by atoms with van der Waals surface area (Å²) in [7, 11) is 0. The molecule has 0 aliphatic carbocycles. The van der Waals surface area contributed by atoms with E-state index in [-0.39, 0.29) is 11.6 Å². The summed E-state index contributed by atoms with van der Waals surface area (Å²) in [5, 5.41) is 2.62. The van der Waals surface area contributed by atoms with Crippen LogP contribution in [-0.2, 0) is 9.59 Å². The van der Waals surface area contributed by atoms with Crippen LogP contribution in [-0.4, -0.2) is 11.6 Å². The molecule has 0 aliphatic heterocycles. The van der Waals surface area contributed by atoms with Crippen LogP contribution in [0.2, 0.25) is 0 Å². The summed E-state index contributed by atoms with van der Waals surface area (Å²) in [6.45, 7) is 0. The number of carbonyl (C=O) groups excluding carboxylic acids is 2. The lowest BCUT2D eigenvalue weighted by molar-refractivity contribution is -0.191. The van der Waals surface area contributed by atoms with E-state index in [1.807, 2.05) is 0 Å². The minimum Gasteiger partial charge on any atom is -0.412 e. The molecule has 0 amide bonds. The molecule has 0 saturated heterocycles. The van der Waals surface area contributed by atoms with E-state index in [4.69, 9.17) is 9.59 Å². The van der Waals surface area contributed by atoms with Gasteiger partial charge in [0.1, 0.15) is 0 Å². The Morgan fingerprint density at radius 1 is 0.714 bits per heavy atom. The standard InChI is InChI=1S/C10H8.CO2.H2O/c1-2-6-10-8-4-3-7-9(10)5-1;2-1-3;/h1-8H;;1H2. The maximum atomic E-state index is 8.12. The Morgan fingerprint density at radius 2 is 0.929 bits per heavy atom. The molecule has 0 aliphatic rings. The highest BCUT2D eigenvalue weighted by atomic mass is 16.2. The van der Waals surface area contributed by atoms with Crippen molar-refractivity contribution < 1.29 is 15.1 Å². The first-order valence-electron chi connectivity index (χ1n) is 3.81. The van der Waals surface area contributed by atoms with E-state index < -0.39 is 0 Å². The van der Waals surface area contributed by atoms with Crippen LogP contribution < -0.4 is 0 Å². The molecule has 0 heterocycles. The number of rotatable bonds is 0. The third-order valence-electron chi connectivity index (χ3n) is 1.66. The van der Waals surface area contributed by atoms with Crippen LogP contribution in [0.3, 0.4) is 0 Å². The maximum Gasteiger partial charge on any atom is 0.373 e. The Morgan fingerprint density at radius 3 is 1.14 bits per heavy atom. The lowest BCUT2D eigenvalue weighted by Gasteiger charge is -1.92. The molecule has 0 atom stereocenters. The third kappa shape index (κ3) is 3.19. The highest BCUT2D eigenvalue weighted by Gasteiger charge is 1.85. The van der Waals surface area contributed by atoms with Crippen molar-refractivity contribution >= 4 is 16.9 Å². The van der Waals surface area contributed by atoms with Crippen molar-refractivity contribution in [2.45, 2.75) is 0 Å². The minimum atomic E-state index is 0. The van der Waals surface area contributed by atoms with Gasteiger partial charge in [-0.15, -0.1) is 0 Å². The zero-order valence-corrected chi connectivity index (χ0v) is 7.44. The van der Waals surface area contributed by atoms with Gasteiger partial charge in [0.25, 0.3) is 0 Å². The molecule has 2 aromatic rings. The Labute approximate surface area is 81.3 Å². The molecule has 2 N–H and O–H groups in total. The van der Waals surface area contributed by atoms with Crippen molar-refractivity contribution in [2.75, 3.05) is 0 Å². The zero-order valence-electron chi connectivity index (χ0n) is 7.44. The Balaban J connectivity index is 0.000000381. The second-order valence-electron chi connectivity index (χ2n) is 2.43. The second kappa shape index (κ2) is 6.54. The molecular weight excluding hydrogens is 180 g/mol.